The molecule has 2 aliphatic rings. The summed E-state index contributed by atoms with van der Waals surface area (Å²) in [6.07, 6.45) is -9.92. The van der Waals surface area contributed by atoms with Gasteiger partial charge < -0.3 is 52.8 Å². The zero-order chi connectivity index (χ0) is 35.3. The van der Waals surface area contributed by atoms with E-state index < -0.39 is 110 Å². The van der Waals surface area contributed by atoms with Crippen LogP contribution in [0.1, 0.15) is 0 Å². The Morgan fingerprint density at radius 3 is 1.62 bits per heavy atom. The second kappa shape index (κ2) is 17.7. The lowest BCUT2D eigenvalue weighted by atomic mass is 9.98. The highest BCUT2D eigenvalue weighted by molar-refractivity contribution is 5.84. The van der Waals surface area contributed by atoms with Gasteiger partial charge in [0.05, 0.1) is 6.61 Å². The SMILES string of the molecule is C=CC(=O)OC[C@H]1O[C@@](COC(=O)C=C)(O[C@H]2O[C@H](CO)[C@@H](O)[C@H](OC(=O)C=C)[C@H]2OC(=O)C=C)[C@@H](OC(=O)C=C)[C@@H]1OC(=O)C=C. The van der Waals surface area contributed by atoms with Crippen LogP contribution in [0.15, 0.2) is 75.9 Å². The molecule has 2 N–H and O–H groups in total. The number of rotatable bonds is 17. The quantitative estimate of drug-likeness (QED) is 0.108. The highest BCUT2D eigenvalue weighted by Crippen LogP contribution is 2.41. The lowest BCUT2D eigenvalue weighted by Crippen LogP contribution is -2.65. The molecule has 0 saturated carbocycles. The fraction of sp³-hybridized carbons (Fsp3) is 0.400. The van der Waals surface area contributed by atoms with Crippen LogP contribution in [0.3, 0.4) is 0 Å². The third kappa shape index (κ3) is 9.77. The summed E-state index contributed by atoms with van der Waals surface area (Å²) in [6, 6.07) is 0. The maximum Gasteiger partial charge on any atom is 0.330 e. The molecule has 2 rings (SSSR count). The van der Waals surface area contributed by atoms with E-state index in [9.17, 15) is 39.0 Å². The van der Waals surface area contributed by atoms with E-state index in [0.29, 0.717) is 12.2 Å². The average Bonchev–Trinajstić information content (AvgIpc) is 3.35. The van der Waals surface area contributed by atoms with Crippen molar-refractivity contribution >= 4 is 35.8 Å². The Kier molecular flexibility index (Phi) is 14.4. The molecule has 0 radical (unpaired) electrons. The largest absolute Gasteiger partial charge is 0.460 e. The third-order valence-electron chi connectivity index (χ3n) is 6.37. The fourth-order valence-electron chi connectivity index (χ4n) is 4.27. The summed E-state index contributed by atoms with van der Waals surface area (Å²) in [7, 11) is 0. The van der Waals surface area contributed by atoms with Gasteiger partial charge in [0.1, 0.15) is 31.5 Å². The molecular formula is C30H34O17. The van der Waals surface area contributed by atoms with E-state index in [4.69, 9.17) is 42.6 Å². The summed E-state index contributed by atoms with van der Waals surface area (Å²) in [4.78, 5) is 73.7. The summed E-state index contributed by atoms with van der Waals surface area (Å²) in [6.45, 7) is 17.1. The summed E-state index contributed by atoms with van der Waals surface area (Å²) in [5, 5.41) is 20.8. The van der Waals surface area contributed by atoms with Crippen LogP contribution in [0.25, 0.3) is 0 Å². The zero-order valence-electron chi connectivity index (χ0n) is 25.0. The van der Waals surface area contributed by atoms with E-state index in [1.54, 1.807) is 0 Å². The minimum absolute atomic E-state index is 0.708. The van der Waals surface area contributed by atoms with Crippen LogP contribution < -0.4 is 0 Å². The van der Waals surface area contributed by atoms with Crippen molar-refractivity contribution in [2.75, 3.05) is 19.8 Å². The van der Waals surface area contributed by atoms with Crippen LogP contribution in [-0.4, -0.2) is 121 Å². The molecule has 0 amide bonds. The van der Waals surface area contributed by atoms with Crippen molar-refractivity contribution in [1.29, 1.82) is 0 Å². The minimum Gasteiger partial charge on any atom is -0.460 e. The highest BCUT2D eigenvalue weighted by Gasteiger charge is 2.64. The first kappa shape index (κ1) is 38.2. The number of carbonyl (C=O) groups excluding carboxylic acids is 6. The molecule has 2 saturated heterocycles. The first-order valence-electron chi connectivity index (χ1n) is 13.5. The van der Waals surface area contributed by atoms with Crippen molar-refractivity contribution in [3.05, 3.63) is 75.9 Å². The van der Waals surface area contributed by atoms with Gasteiger partial charge in [0, 0.05) is 36.5 Å². The molecular weight excluding hydrogens is 632 g/mol. The maximum atomic E-state index is 12.6. The summed E-state index contributed by atoms with van der Waals surface area (Å²) < 4.78 is 49.3. The normalized spacial score (nSPS) is 29.5. The molecule has 0 aromatic heterocycles. The fourth-order valence-corrected chi connectivity index (χ4v) is 4.27. The van der Waals surface area contributed by atoms with E-state index in [2.05, 4.69) is 39.5 Å². The van der Waals surface area contributed by atoms with Gasteiger partial charge in [0.25, 0.3) is 0 Å². The first-order valence-corrected chi connectivity index (χ1v) is 13.5. The molecule has 0 aromatic rings. The minimum atomic E-state index is -2.62. The van der Waals surface area contributed by atoms with Crippen LogP contribution in [0.2, 0.25) is 0 Å². The van der Waals surface area contributed by atoms with E-state index in [0.717, 1.165) is 24.3 Å². The molecule has 47 heavy (non-hydrogen) atoms. The lowest BCUT2D eigenvalue weighted by Gasteiger charge is -2.45. The molecule has 9 atom stereocenters. The lowest BCUT2D eigenvalue weighted by molar-refractivity contribution is -0.383. The Morgan fingerprint density at radius 2 is 1.11 bits per heavy atom. The van der Waals surface area contributed by atoms with E-state index >= 15 is 0 Å². The Hall–Kier alpha value is -4.94. The molecule has 256 valence electrons. The monoisotopic (exact) mass is 666 g/mol. The highest BCUT2D eigenvalue weighted by atomic mass is 16.8. The first-order chi connectivity index (χ1) is 22.3. The second-order valence-electron chi connectivity index (χ2n) is 9.33. The standard InChI is InChI=1S/C30H34O17/c1-7-18(32)39-14-17-25(42-20(34)9-3)28(45-23(37)12-6)30(46-17,15-40-19(33)8-2)47-29-27(44-22(36)11-5)26(43-21(35)10-4)24(38)16(13-31)41-29/h7-12,16-17,24-29,31,38H,1-6,13-15H2/t16-,17-,24-,25-,26+,27-,28+,29-,30+/m1/s1. The number of ether oxygens (including phenoxy) is 9. The second-order valence-corrected chi connectivity index (χ2v) is 9.33. The Bertz CT molecular complexity index is 1270. The van der Waals surface area contributed by atoms with Crippen molar-refractivity contribution in [3.8, 4) is 0 Å². The predicted octanol–water partition coefficient (Wildman–Crippen LogP) is -0.974. The molecule has 2 aliphatic heterocycles. The summed E-state index contributed by atoms with van der Waals surface area (Å²) in [5.41, 5.74) is 0. The molecule has 0 unspecified atom stereocenters. The molecule has 0 aromatic carbocycles. The van der Waals surface area contributed by atoms with Gasteiger partial charge in [-0.15, -0.1) is 0 Å². The molecule has 2 fully saturated rings. The van der Waals surface area contributed by atoms with Crippen LogP contribution >= 0.6 is 0 Å². The van der Waals surface area contributed by atoms with E-state index in [-0.39, 0.29) is 0 Å². The summed E-state index contributed by atoms with van der Waals surface area (Å²) >= 11 is 0. The van der Waals surface area contributed by atoms with Gasteiger partial charge in [0.2, 0.25) is 12.1 Å². The van der Waals surface area contributed by atoms with Crippen LogP contribution in [-0.2, 0) is 71.4 Å². The van der Waals surface area contributed by atoms with Crippen molar-refractivity contribution in [3.63, 3.8) is 0 Å². The predicted molar refractivity (Wildman–Crippen MR) is 153 cm³/mol. The Labute approximate surface area is 268 Å². The van der Waals surface area contributed by atoms with Gasteiger partial charge in [-0.05, 0) is 0 Å². The van der Waals surface area contributed by atoms with Gasteiger partial charge in [-0.1, -0.05) is 39.5 Å². The van der Waals surface area contributed by atoms with Gasteiger partial charge in [-0.25, -0.2) is 28.8 Å². The van der Waals surface area contributed by atoms with Crippen molar-refractivity contribution in [1.82, 2.24) is 0 Å². The average molecular weight is 667 g/mol. The van der Waals surface area contributed by atoms with E-state index in [1.807, 2.05) is 0 Å². The van der Waals surface area contributed by atoms with Crippen LogP contribution in [0.4, 0.5) is 0 Å². The zero-order valence-corrected chi connectivity index (χ0v) is 25.0. The molecule has 0 bridgehead atoms. The molecule has 2 heterocycles. The van der Waals surface area contributed by atoms with Gasteiger partial charge in [-0.3, -0.25) is 0 Å². The number of hydrogen-bond acceptors (Lipinski definition) is 17. The smallest absolute Gasteiger partial charge is 0.330 e. The number of carbonyl (C=O) groups is 6. The number of aliphatic hydroxyl groups excluding tert-OH is 2. The van der Waals surface area contributed by atoms with Crippen LogP contribution in [0, 0.1) is 0 Å². The third-order valence-corrected chi connectivity index (χ3v) is 6.37. The molecule has 0 spiro atoms. The topological polar surface area (TPSA) is 226 Å². The molecule has 17 nitrogen and oxygen atoms in total. The Balaban J connectivity index is 2.80. The summed E-state index contributed by atoms with van der Waals surface area (Å²) in [5.74, 6) is -9.09. The number of aliphatic hydroxyl groups is 2. The van der Waals surface area contributed by atoms with Crippen molar-refractivity contribution in [2.45, 2.75) is 54.8 Å². The van der Waals surface area contributed by atoms with Crippen LogP contribution in [0.5, 0.6) is 0 Å². The van der Waals surface area contributed by atoms with Gasteiger partial charge >= 0.3 is 35.8 Å². The molecule has 0 aliphatic carbocycles. The van der Waals surface area contributed by atoms with Gasteiger partial charge in [-0.2, -0.15) is 0 Å². The van der Waals surface area contributed by atoms with Crippen molar-refractivity contribution in [2.24, 2.45) is 0 Å². The number of hydrogen-bond donors (Lipinski definition) is 2. The van der Waals surface area contributed by atoms with E-state index in [1.165, 1.54) is 0 Å². The Morgan fingerprint density at radius 1 is 0.638 bits per heavy atom. The van der Waals surface area contributed by atoms with Crippen molar-refractivity contribution < 1.29 is 81.6 Å². The van der Waals surface area contributed by atoms with Gasteiger partial charge in [0.15, 0.2) is 24.4 Å². The number of esters is 6. The maximum absolute atomic E-state index is 12.6. The molecule has 17 heteroatoms.